The van der Waals surface area contributed by atoms with Crippen molar-refractivity contribution in [2.45, 2.75) is 76.5 Å². The highest BCUT2D eigenvalue weighted by Gasteiger charge is 2.32. The minimum absolute atomic E-state index is 0.0160. The number of aliphatic carboxylic acids is 2. The highest BCUT2D eigenvalue weighted by atomic mass is 16.4. The molecule has 0 saturated heterocycles. The largest absolute Gasteiger partial charge is 0.481 e. The van der Waals surface area contributed by atoms with Crippen molar-refractivity contribution in [1.82, 2.24) is 16.0 Å². The van der Waals surface area contributed by atoms with Gasteiger partial charge in [0.1, 0.15) is 18.1 Å². The van der Waals surface area contributed by atoms with E-state index in [1.165, 1.54) is 0 Å². The number of carbonyl (C=O) groups excluding carboxylic acids is 4. The molecule has 0 bridgehead atoms. The maximum absolute atomic E-state index is 12.9. The normalized spacial score (nSPS) is 14.4. The van der Waals surface area contributed by atoms with E-state index in [1.54, 1.807) is 13.8 Å². The first-order valence-electron chi connectivity index (χ1n) is 10.9. The molecule has 11 N–H and O–H groups in total. The summed E-state index contributed by atoms with van der Waals surface area (Å²) in [6.07, 6.45) is 0.0669. The maximum atomic E-state index is 12.9. The predicted molar refractivity (Wildman–Crippen MR) is 120 cm³/mol. The number of rotatable bonds is 17. The SMILES string of the molecule is CC(C)C(NC(=O)C(N)CCC(N)=O)C(=O)NC(CCCCN)C(=O)NC(CC(=O)O)C(=O)O. The number of unbranched alkanes of at least 4 members (excludes halogenated alkanes) is 1. The van der Waals surface area contributed by atoms with E-state index in [0.717, 1.165) is 0 Å². The van der Waals surface area contributed by atoms with Crippen LogP contribution in [0.3, 0.4) is 0 Å². The third-order valence-corrected chi connectivity index (χ3v) is 4.86. The fourth-order valence-electron chi connectivity index (χ4n) is 2.89. The van der Waals surface area contributed by atoms with E-state index < -0.39 is 72.1 Å². The first kappa shape index (κ1) is 30.7. The number of amides is 4. The van der Waals surface area contributed by atoms with Gasteiger partial charge in [-0.25, -0.2) is 4.79 Å². The third-order valence-electron chi connectivity index (χ3n) is 4.86. The molecule has 4 unspecified atom stereocenters. The lowest BCUT2D eigenvalue weighted by Gasteiger charge is -2.27. The molecule has 0 aromatic rings. The number of hydrogen-bond acceptors (Lipinski definition) is 8. The van der Waals surface area contributed by atoms with Gasteiger partial charge in [0.15, 0.2) is 0 Å². The zero-order valence-corrected chi connectivity index (χ0v) is 19.4. The van der Waals surface area contributed by atoms with Gasteiger partial charge in [0.05, 0.1) is 12.5 Å². The summed E-state index contributed by atoms with van der Waals surface area (Å²) in [7, 11) is 0. The minimum Gasteiger partial charge on any atom is -0.481 e. The molecule has 14 heteroatoms. The summed E-state index contributed by atoms with van der Waals surface area (Å²) >= 11 is 0. The van der Waals surface area contributed by atoms with E-state index in [-0.39, 0.29) is 19.3 Å². The molecule has 0 aliphatic rings. The summed E-state index contributed by atoms with van der Waals surface area (Å²) in [6.45, 7) is 3.62. The van der Waals surface area contributed by atoms with Crippen molar-refractivity contribution in [2.24, 2.45) is 23.1 Å². The highest BCUT2D eigenvalue weighted by Crippen LogP contribution is 2.08. The van der Waals surface area contributed by atoms with Gasteiger partial charge in [-0.3, -0.25) is 24.0 Å². The first-order valence-corrected chi connectivity index (χ1v) is 10.9. The second kappa shape index (κ2) is 15.6. The van der Waals surface area contributed by atoms with Crippen LogP contribution >= 0.6 is 0 Å². The molecule has 0 aliphatic heterocycles. The van der Waals surface area contributed by atoms with E-state index in [1.807, 2.05) is 0 Å². The molecule has 0 saturated carbocycles. The van der Waals surface area contributed by atoms with Gasteiger partial charge in [-0.05, 0) is 38.1 Å². The Morgan fingerprint density at radius 3 is 1.88 bits per heavy atom. The van der Waals surface area contributed by atoms with Crippen molar-refractivity contribution >= 4 is 35.6 Å². The molecule has 34 heavy (non-hydrogen) atoms. The van der Waals surface area contributed by atoms with Crippen LogP contribution in [-0.4, -0.2) is 76.5 Å². The Morgan fingerprint density at radius 2 is 1.41 bits per heavy atom. The molecule has 0 rings (SSSR count). The molecule has 0 radical (unpaired) electrons. The number of nitrogens with two attached hydrogens (primary N) is 3. The van der Waals surface area contributed by atoms with Crippen molar-refractivity contribution in [3.63, 3.8) is 0 Å². The van der Waals surface area contributed by atoms with Crippen molar-refractivity contribution < 1.29 is 39.0 Å². The minimum atomic E-state index is -1.69. The molecule has 0 aromatic carbocycles. The van der Waals surface area contributed by atoms with E-state index in [2.05, 4.69) is 16.0 Å². The molecule has 4 amide bonds. The molecule has 0 spiro atoms. The van der Waals surface area contributed by atoms with Crippen LogP contribution < -0.4 is 33.2 Å². The second-order valence-corrected chi connectivity index (χ2v) is 8.18. The van der Waals surface area contributed by atoms with Crippen molar-refractivity contribution in [2.75, 3.05) is 6.54 Å². The van der Waals surface area contributed by atoms with Crippen molar-refractivity contribution in [3.05, 3.63) is 0 Å². The standard InChI is InChI=1S/C20H36N6O8/c1-10(2)16(26-17(30)11(22)6-7-14(23)27)19(32)24-12(5-3-4-8-21)18(31)25-13(20(33)34)9-15(28)29/h10-13,16H,3-9,21-22H2,1-2H3,(H2,23,27)(H,24,32)(H,25,31)(H,26,30)(H,28,29)(H,33,34). The molecule has 0 aromatic heterocycles. The summed E-state index contributed by atoms with van der Waals surface area (Å²) < 4.78 is 0. The Hall–Kier alpha value is -3.26. The lowest BCUT2D eigenvalue weighted by Crippen LogP contribution is -2.58. The summed E-state index contributed by atoms with van der Waals surface area (Å²) in [4.78, 5) is 71.0. The third kappa shape index (κ3) is 12.1. The van der Waals surface area contributed by atoms with Crippen LogP contribution in [0.25, 0.3) is 0 Å². The molecule has 0 heterocycles. The monoisotopic (exact) mass is 488 g/mol. The summed E-state index contributed by atoms with van der Waals surface area (Å²) in [5.41, 5.74) is 16.2. The second-order valence-electron chi connectivity index (χ2n) is 8.18. The number of carboxylic acids is 2. The van der Waals surface area contributed by atoms with Crippen LogP contribution in [0.5, 0.6) is 0 Å². The smallest absolute Gasteiger partial charge is 0.326 e. The van der Waals surface area contributed by atoms with Gasteiger partial charge in [0, 0.05) is 6.42 Å². The van der Waals surface area contributed by atoms with E-state index in [4.69, 9.17) is 27.4 Å². The highest BCUT2D eigenvalue weighted by molar-refractivity contribution is 5.94. The number of carboxylic acid groups (broad SMARTS) is 2. The van der Waals surface area contributed by atoms with Gasteiger partial charge in [0.2, 0.25) is 23.6 Å². The molecule has 14 nitrogen and oxygen atoms in total. The number of carbonyl (C=O) groups is 6. The van der Waals surface area contributed by atoms with Crippen LogP contribution in [0.4, 0.5) is 0 Å². The van der Waals surface area contributed by atoms with Crippen LogP contribution in [0.15, 0.2) is 0 Å². The van der Waals surface area contributed by atoms with Gasteiger partial charge >= 0.3 is 11.9 Å². The molecular formula is C20H36N6O8. The quantitative estimate of drug-likeness (QED) is 0.0988. The van der Waals surface area contributed by atoms with Gasteiger partial charge in [-0.1, -0.05) is 13.8 Å². The van der Waals surface area contributed by atoms with Crippen molar-refractivity contribution in [1.29, 1.82) is 0 Å². The summed E-state index contributed by atoms with van der Waals surface area (Å²) in [5.74, 6) is -6.30. The fraction of sp³-hybridized carbons (Fsp3) is 0.700. The predicted octanol–water partition coefficient (Wildman–Crippen LogP) is -2.62. The Morgan fingerprint density at radius 1 is 0.824 bits per heavy atom. The van der Waals surface area contributed by atoms with Crippen LogP contribution in [-0.2, 0) is 28.8 Å². The van der Waals surface area contributed by atoms with Gasteiger partial charge < -0.3 is 43.4 Å². The number of primary amides is 1. The van der Waals surface area contributed by atoms with Crippen LogP contribution in [0, 0.1) is 5.92 Å². The lowest BCUT2D eigenvalue weighted by molar-refractivity contribution is -0.147. The van der Waals surface area contributed by atoms with E-state index in [0.29, 0.717) is 19.4 Å². The Kier molecular flexibility index (Phi) is 14.1. The van der Waals surface area contributed by atoms with Crippen LogP contribution in [0.1, 0.15) is 52.4 Å². The number of hydrogen-bond donors (Lipinski definition) is 8. The molecule has 194 valence electrons. The van der Waals surface area contributed by atoms with Gasteiger partial charge in [0.25, 0.3) is 0 Å². The molecule has 0 aliphatic carbocycles. The van der Waals surface area contributed by atoms with Gasteiger partial charge in [-0.15, -0.1) is 0 Å². The number of nitrogens with one attached hydrogen (secondary N) is 3. The fourth-order valence-corrected chi connectivity index (χ4v) is 2.89. The molecule has 0 fully saturated rings. The van der Waals surface area contributed by atoms with E-state index >= 15 is 0 Å². The average molecular weight is 489 g/mol. The zero-order valence-electron chi connectivity index (χ0n) is 19.4. The van der Waals surface area contributed by atoms with Crippen molar-refractivity contribution in [3.8, 4) is 0 Å². The lowest BCUT2D eigenvalue weighted by atomic mass is 10.0. The van der Waals surface area contributed by atoms with E-state index in [9.17, 15) is 28.8 Å². The summed E-state index contributed by atoms with van der Waals surface area (Å²) in [6, 6.07) is -5.07. The van der Waals surface area contributed by atoms with Crippen LogP contribution in [0.2, 0.25) is 0 Å². The molecule has 4 atom stereocenters. The topological polar surface area (TPSA) is 257 Å². The molecular weight excluding hydrogens is 452 g/mol. The van der Waals surface area contributed by atoms with Gasteiger partial charge in [-0.2, -0.15) is 0 Å². The Balaban J connectivity index is 5.43. The Labute approximate surface area is 197 Å². The zero-order chi connectivity index (χ0) is 26.4. The maximum Gasteiger partial charge on any atom is 0.326 e. The summed E-state index contributed by atoms with van der Waals surface area (Å²) in [5, 5.41) is 25.1. The average Bonchev–Trinajstić information content (AvgIpc) is 2.73. The first-order chi connectivity index (χ1) is 15.8. The Bertz CT molecular complexity index is 745.